The highest BCUT2D eigenvalue weighted by Crippen LogP contribution is 2.13. The van der Waals surface area contributed by atoms with Gasteiger partial charge in [-0.25, -0.2) is 0 Å². The van der Waals surface area contributed by atoms with E-state index in [1.807, 2.05) is 37.3 Å². The summed E-state index contributed by atoms with van der Waals surface area (Å²) in [6, 6.07) is 15.5. The van der Waals surface area contributed by atoms with E-state index in [0.717, 1.165) is 5.56 Å². The van der Waals surface area contributed by atoms with Gasteiger partial charge in [0.05, 0.1) is 11.5 Å². The van der Waals surface area contributed by atoms with Crippen molar-refractivity contribution >= 4 is 11.5 Å². The van der Waals surface area contributed by atoms with Crippen LogP contribution in [-0.2, 0) is 0 Å². The number of nitro groups is 1. The van der Waals surface area contributed by atoms with Gasteiger partial charge < -0.3 is 5.32 Å². The Labute approximate surface area is 122 Å². The molecule has 1 atom stereocenters. The molecule has 0 aliphatic carbocycles. The first-order chi connectivity index (χ1) is 10.1. The molecule has 0 aliphatic rings. The Bertz CT molecular complexity index is 624. The van der Waals surface area contributed by atoms with Crippen molar-refractivity contribution in [3.8, 4) is 0 Å². The van der Waals surface area contributed by atoms with Gasteiger partial charge in [-0.15, -0.1) is 0 Å². The van der Waals surface area contributed by atoms with Crippen LogP contribution in [0.25, 0.3) is 0 Å². The fourth-order valence-corrected chi connectivity index (χ4v) is 1.98. The van der Waals surface area contributed by atoms with Crippen LogP contribution in [0.1, 0.15) is 28.9 Å². The molecular weight excluding hydrogens is 268 g/mol. The molecule has 5 heteroatoms. The normalized spacial score (nSPS) is 11.9. The van der Waals surface area contributed by atoms with Crippen LogP contribution in [0.4, 0.5) is 5.69 Å². The maximum absolute atomic E-state index is 12.0. The van der Waals surface area contributed by atoms with E-state index < -0.39 is 4.92 Å². The lowest BCUT2D eigenvalue weighted by atomic mass is 10.1. The SMILES string of the molecule is C[C@@H](NCC(=O)c1ccc([N+](=O)[O-])cc1)c1ccccc1. The predicted molar refractivity (Wildman–Crippen MR) is 80.3 cm³/mol. The molecule has 5 nitrogen and oxygen atoms in total. The lowest BCUT2D eigenvalue weighted by Crippen LogP contribution is -2.26. The zero-order chi connectivity index (χ0) is 15.2. The van der Waals surface area contributed by atoms with Crippen LogP contribution in [-0.4, -0.2) is 17.3 Å². The second kappa shape index (κ2) is 6.76. The van der Waals surface area contributed by atoms with Crippen LogP contribution in [0.3, 0.4) is 0 Å². The summed E-state index contributed by atoms with van der Waals surface area (Å²) in [7, 11) is 0. The molecule has 0 unspecified atom stereocenters. The summed E-state index contributed by atoms with van der Waals surface area (Å²) in [5.41, 5.74) is 1.56. The van der Waals surface area contributed by atoms with Crippen molar-refractivity contribution in [3.63, 3.8) is 0 Å². The number of benzene rings is 2. The molecule has 0 fully saturated rings. The zero-order valence-electron chi connectivity index (χ0n) is 11.7. The zero-order valence-corrected chi connectivity index (χ0v) is 11.7. The van der Waals surface area contributed by atoms with E-state index in [1.54, 1.807) is 0 Å². The molecule has 0 saturated heterocycles. The van der Waals surface area contributed by atoms with E-state index in [-0.39, 0.29) is 24.1 Å². The van der Waals surface area contributed by atoms with Crippen molar-refractivity contribution in [1.29, 1.82) is 0 Å². The molecule has 2 rings (SSSR count). The molecule has 2 aromatic carbocycles. The van der Waals surface area contributed by atoms with E-state index in [4.69, 9.17) is 0 Å². The van der Waals surface area contributed by atoms with Gasteiger partial charge in [-0.1, -0.05) is 30.3 Å². The summed E-state index contributed by atoms with van der Waals surface area (Å²) in [4.78, 5) is 22.1. The fraction of sp³-hybridized carbons (Fsp3) is 0.188. The van der Waals surface area contributed by atoms with E-state index in [2.05, 4.69) is 5.32 Å². The summed E-state index contributed by atoms with van der Waals surface area (Å²) >= 11 is 0. The number of rotatable bonds is 6. The maximum Gasteiger partial charge on any atom is 0.269 e. The third kappa shape index (κ3) is 3.97. The van der Waals surface area contributed by atoms with Crippen LogP contribution in [0.15, 0.2) is 54.6 Å². The van der Waals surface area contributed by atoms with Crippen LogP contribution < -0.4 is 5.32 Å². The first kappa shape index (κ1) is 14.9. The molecule has 0 aromatic heterocycles. The molecule has 0 radical (unpaired) electrons. The van der Waals surface area contributed by atoms with Gasteiger partial charge in [-0.2, -0.15) is 0 Å². The van der Waals surface area contributed by atoms with Crippen molar-refractivity contribution in [2.24, 2.45) is 0 Å². The Morgan fingerprint density at radius 3 is 2.33 bits per heavy atom. The minimum atomic E-state index is -0.482. The smallest absolute Gasteiger partial charge is 0.269 e. The number of ketones is 1. The average molecular weight is 284 g/mol. The van der Waals surface area contributed by atoms with E-state index in [0.29, 0.717) is 5.56 Å². The van der Waals surface area contributed by atoms with Gasteiger partial charge in [-0.05, 0) is 24.6 Å². The molecule has 0 heterocycles. The average Bonchev–Trinajstić information content (AvgIpc) is 2.53. The minimum absolute atomic E-state index is 0.0165. The van der Waals surface area contributed by atoms with E-state index in [1.165, 1.54) is 24.3 Å². The highest BCUT2D eigenvalue weighted by molar-refractivity contribution is 5.97. The van der Waals surface area contributed by atoms with Gasteiger partial charge in [0.15, 0.2) is 5.78 Å². The van der Waals surface area contributed by atoms with Gasteiger partial charge in [0.2, 0.25) is 0 Å². The highest BCUT2D eigenvalue weighted by Gasteiger charge is 2.11. The van der Waals surface area contributed by atoms with Gasteiger partial charge in [0.25, 0.3) is 5.69 Å². The molecule has 2 aromatic rings. The van der Waals surface area contributed by atoms with Crippen molar-refractivity contribution in [1.82, 2.24) is 5.32 Å². The quantitative estimate of drug-likeness (QED) is 0.502. The third-order valence-electron chi connectivity index (χ3n) is 3.27. The second-order valence-electron chi connectivity index (χ2n) is 4.74. The summed E-state index contributed by atoms with van der Waals surface area (Å²) in [6.45, 7) is 2.17. The lowest BCUT2D eigenvalue weighted by Gasteiger charge is -2.13. The van der Waals surface area contributed by atoms with Crippen LogP contribution >= 0.6 is 0 Å². The van der Waals surface area contributed by atoms with Crippen LogP contribution in [0, 0.1) is 10.1 Å². The van der Waals surface area contributed by atoms with Gasteiger partial charge in [0.1, 0.15) is 0 Å². The number of hydrogen-bond acceptors (Lipinski definition) is 4. The fourth-order valence-electron chi connectivity index (χ4n) is 1.98. The molecule has 0 spiro atoms. The molecule has 0 bridgehead atoms. The molecule has 21 heavy (non-hydrogen) atoms. The van der Waals surface area contributed by atoms with Crippen LogP contribution in [0.5, 0.6) is 0 Å². The maximum atomic E-state index is 12.0. The van der Waals surface area contributed by atoms with Crippen molar-refractivity contribution in [3.05, 3.63) is 75.8 Å². The van der Waals surface area contributed by atoms with Gasteiger partial charge in [-0.3, -0.25) is 14.9 Å². The topological polar surface area (TPSA) is 72.2 Å². The minimum Gasteiger partial charge on any atom is -0.303 e. The number of non-ortho nitro benzene ring substituents is 1. The lowest BCUT2D eigenvalue weighted by molar-refractivity contribution is -0.384. The Kier molecular flexibility index (Phi) is 4.79. The van der Waals surface area contributed by atoms with Crippen molar-refractivity contribution in [2.75, 3.05) is 6.54 Å². The molecule has 0 aliphatic heterocycles. The Morgan fingerprint density at radius 1 is 1.14 bits per heavy atom. The van der Waals surface area contributed by atoms with E-state index in [9.17, 15) is 14.9 Å². The summed E-state index contributed by atoms with van der Waals surface area (Å²) in [5.74, 6) is -0.0901. The Hall–Kier alpha value is -2.53. The van der Waals surface area contributed by atoms with Crippen molar-refractivity contribution in [2.45, 2.75) is 13.0 Å². The number of Topliss-reactive ketones (excluding diaryl/α,β-unsaturated/α-hetero) is 1. The molecular formula is C16H16N2O3. The molecule has 1 N–H and O–H groups in total. The number of nitrogens with zero attached hydrogens (tertiary/aromatic N) is 1. The van der Waals surface area contributed by atoms with Crippen LogP contribution in [0.2, 0.25) is 0 Å². The van der Waals surface area contributed by atoms with Crippen molar-refractivity contribution < 1.29 is 9.72 Å². The first-order valence-corrected chi connectivity index (χ1v) is 6.64. The standard InChI is InChI=1S/C16H16N2O3/c1-12(13-5-3-2-4-6-13)17-11-16(19)14-7-9-15(10-8-14)18(20)21/h2-10,12,17H,11H2,1H3/t12-/m1/s1. The second-order valence-corrected chi connectivity index (χ2v) is 4.74. The molecule has 108 valence electrons. The third-order valence-corrected chi connectivity index (χ3v) is 3.27. The molecule has 0 saturated carbocycles. The summed E-state index contributed by atoms with van der Waals surface area (Å²) in [5, 5.41) is 13.7. The summed E-state index contributed by atoms with van der Waals surface area (Å²) < 4.78 is 0. The predicted octanol–water partition coefficient (Wildman–Crippen LogP) is 3.13. The van der Waals surface area contributed by atoms with Gasteiger partial charge >= 0.3 is 0 Å². The number of nitrogens with one attached hydrogen (secondary N) is 1. The Balaban J connectivity index is 1.94. The van der Waals surface area contributed by atoms with Gasteiger partial charge in [0, 0.05) is 23.7 Å². The number of carbonyl (C=O) groups is 1. The molecule has 0 amide bonds. The Morgan fingerprint density at radius 2 is 1.76 bits per heavy atom. The number of hydrogen-bond donors (Lipinski definition) is 1. The van der Waals surface area contributed by atoms with E-state index >= 15 is 0 Å². The largest absolute Gasteiger partial charge is 0.303 e. The number of nitro benzene ring substituents is 1. The monoisotopic (exact) mass is 284 g/mol. The highest BCUT2D eigenvalue weighted by atomic mass is 16.6. The number of carbonyl (C=O) groups excluding carboxylic acids is 1. The first-order valence-electron chi connectivity index (χ1n) is 6.64. The summed E-state index contributed by atoms with van der Waals surface area (Å²) in [6.07, 6.45) is 0.